The van der Waals surface area contributed by atoms with E-state index in [0.29, 0.717) is 46.9 Å². The van der Waals surface area contributed by atoms with Crippen molar-refractivity contribution in [3.63, 3.8) is 0 Å². The topological polar surface area (TPSA) is 127 Å². The molecule has 3 heterocycles. The van der Waals surface area contributed by atoms with Gasteiger partial charge in [0.1, 0.15) is 11.4 Å². The highest BCUT2D eigenvalue weighted by molar-refractivity contribution is 7.99. The Morgan fingerprint density at radius 2 is 1.95 bits per heavy atom. The van der Waals surface area contributed by atoms with Crippen molar-refractivity contribution in [1.29, 1.82) is 5.26 Å². The molecule has 1 aliphatic rings. The molecular weight excluding hydrogens is 562 g/mol. The van der Waals surface area contributed by atoms with Gasteiger partial charge in [0, 0.05) is 41.2 Å². The van der Waals surface area contributed by atoms with Crippen molar-refractivity contribution in [3.05, 3.63) is 53.2 Å². The number of methoxy groups -OCH3 is 1. The van der Waals surface area contributed by atoms with Crippen LogP contribution in [-0.4, -0.2) is 58.5 Å². The SMILES string of the molecule is COC(=O)CCSc1cnc(Nc2nc(C3CCN(C(=O)OC(C)(C)C)CC3)cs2)c(Oc2ccc(C#N)cc2)c1. The number of nitriles is 1. The van der Waals surface area contributed by atoms with Gasteiger partial charge in [-0.1, -0.05) is 0 Å². The molecule has 0 aliphatic carbocycles. The second kappa shape index (κ2) is 13.7. The number of hydrogen-bond acceptors (Lipinski definition) is 11. The minimum absolute atomic E-state index is 0.247. The number of pyridine rings is 1. The lowest BCUT2D eigenvalue weighted by Crippen LogP contribution is -2.41. The molecule has 12 heteroatoms. The first kappa shape index (κ1) is 30.1. The van der Waals surface area contributed by atoms with E-state index in [1.54, 1.807) is 35.4 Å². The maximum Gasteiger partial charge on any atom is 0.410 e. The highest BCUT2D eigenvalue weighted by Gasteiger charge is 2.28. The van der Waals surface area contributed by atoms with Gasteiger partial charge in [0.05, 0.1) is 30.9 Å². The molecular formula is C29H33N5O5S2. The molecule has 1 aliphatic heterocycles. The second-order valence-electron chi connectivity index (χ2n) is 10.4. The van der Waals surface area contributed by atoms with Crippen molar-refractivity contribution >= 4 is 46.1 Å². The highest BCUT2D eigenvalue weighted by Crippen LogP contribution is 2.36. The number of rotatable bonds is 9. The van der Waals surface area contributed by atoms with Gasteiger partial charge in [0.25, 0.3) is 0 Å². The van der Waals surface area contributed by atoms with Crippen molar-refractivity contribution in [3.8, 4) is 17.6 Å². The monoisotopic (exact) mass is 595 g/mol. The molecule has 0 unspecified atom stereocenters. The summed E-state index contributed by atoms with van der Waals surface area (Å²) in [5.41, 5.74) is 0.999. The van der Waals surface area contributed by atoms with Gasteiger partial charge in [-0.25, -0.2) is 14.8 Å². The van der Waals surface area contributed by atoms with E-state index in [9.17, 15) is 9.59 Å². The third-order valence-electron chi connectivity index (χ3n) is 6.15. The zero-order valence-electron chi connectivity index (χ0n) is 23.5. The van der Waals surface area contributed by atoms with Gasteiger partial charge in [0.15, 0.2) is 16.7 Å². The molecule has 216 valence electrons. The molecule has 10 nitrogen and oxygen atoms in total. The smallest absolute Gasteiger partial charge is 0.410 e. The van der Waals surface area contributed by atoms with E-state index in [-0.39, 0.29) is 24.4 Å². The maximum atomic E-state index is 12.4. The minimum Gasteiger partial charge on any atom is -0.469 e. The number of esters is 1. The van der Waals surface area contributed by atoms with Crippen LogP contribution in [0.3, 0.4) is 0 Å². The van der Waals surface area contributed by atoms with Crippen LogP contribution in [0.4, 0.5) is 15.7 Å². The number of benzene rings is 1. The summed E-state index contributed by atoms with van der Waals surface area (Å²) in [5, 5.41) is 15.1. The second-order valence-corrected chi connectivity index (χ2v) is 12.4. The van der Waals surface area contributed by atoms with Gasteiger partial charge >= 0.3 is 12.1 Å². The van der Waals surface area contributed by atoms with E-state index < -0.39 is 5.60 Å². The Labute approximate surface area is 248 Å². The molecule has 4 rings (SSSR count). The lowest BCUT2D eigenvalue weighted by Gasteiger charge is -2.32. The molecule has 1 aromatic carbocycles. The first-order valence-electron chi connectivity index (χ1n) is 13.2. The third-order valence-corrected chi connectivity index (χ3v) is 7.89. The number of ether oxygens (including phenoxy) is 3. The number of nitrogens with zero attached hydrogens (tertiary/aromatic N) is 4. The number of carbonyl (C=O) groups excluding carboxylic acids is 2. The zero-order valence-corrected chi connectivity index (χ0v) is 25.1. The summed E-state index contributed by atoms with van der Waals surface area (Å²) in [6, 6.07) is 10.8. The number of piperidine rings is 1. The summed E-state index contributed by atoms with van der Waals surface area (Å²) in [4.78, 5) is 35.9. The fourth-order valence-corrected chi connectivity index (χ4v) is 5.69. The normalized spacial score (nSPS) is 13.8. The van der Waals surface area contributed by atoms with Gasteiger partial charge < -0.3 is 24.4 Å². The Morgan fingerprint density at radius 3 is 2.61 bits per heavy atom. The summed E-state index contributed by atoms with van der Waals surface area (Å²) >= 11 is 2.95. The molecule has 1 N–H and O–H groups in total. The summed E-state index contributed by atoms with van der Waals surface area (Å²) in [5.74, 6) is 2.05. The fourth-order valence-electron chi connectivity index (χ4n) is 4.07. The van der Waals surface area contributed by atoms with Crippen LogP contribution in [-0.2, 0) is 14.3 Å². The predicted molar refractivity (Wildman–Crippen MR) is 158 cm³/mol. The van der Waals surface area contributed by atoms with Crippen LogP contribution in [0.15, 0.2) is 46.8 Å². The quantitative estimate of drug-likeness (QED) is 0.210. The van der Waals surface area contributed by atoms with Crippen molar-refractivity contribution in [2.45, 2.75) is 56.4 Å². The molecule has 0 radical (unpaired) electrons. The van der Waals surface area contributed by atoms with E-state index in [0.717, 1.165) is 23.4 Å². The van der Waals surface area contributed by atoms with Gasteiger partial charge in [-0.05, 0) is 63.9 Å². The van der Waals surface area contributed by atoms with Gasteiger partial charge in [0.2, 0.25) is 0 Å². The van der Waals surface area contributed by atoms with Crippen molar-refractivity contribution in [2.24, 2.45) is 0 Å². The lowest BCUT2D eigenvalue weighted by molar-refractivity contribution is -0.140. The molecule has 1 saturated heterocycles. The summed E-state index contributed by atoms with van der Waals surface area (Å²) in [7, 11) is 1.37. The standard InChI is InChI=1S/C29H33N5O5S2/c1-29(2,3)39-28(36)34-12-9-20(10-13-34)23-18-41-27(32-23)33-26-24(38-21-7-5-19(16-30)6-8-21)15-22(17-31-26)40-14-11-25(35)37-4/h5-8,15,17-18,20H,9-14H2,1-4H3,(H,31,32,33). The lowest BCUT2D eigenvalue weighted by atomic mass is 9.94. The van der Waals surface area contributed by atoms with Gasteiger partial charge in [-0.2, -0.15) is 5.26 Å². The average molecular weight is 596 g/mol. The fraction of sp³-hybridized carbons (Fsp3) is 0.414. The Bertz CT molecular complexity index is 1390. The Morgan fingerprint density at radius 1 is 1.22 bits per heavy atom. The van der Waals surface area contributed by atoms with Crippen LogP contribution >= 0.6 is 23.1 Å². The number of amides is 1. The van der Waals surface area contributed by atoms with Gasteiger partial charge in [-0.15, -0.1) is 23.1 Å². The number of carbonyl (C=O) groups is 2. The van der Waals surface area contributed by atoms with Crippen LogP contribution in [0.25, 0.3) is 0 Å². The van der Waals surface area contributed by atoms with E-state index in [2.05, 4.69) is 16.4 Å². The number of hydrogen-bond donors (Lipinski definition) is 1. The maximum absolute atomic E-state index is 12.4. The molecule has 2 aromatic heterocycles. The zero-order chi connectivity index (χ0) is 29.4. The molecule has 1 fully saturated rings. The van der Waals surface area contributed by atoms with E-state index in [4.69, 9.17) is 24.5 Å². The van der Waals surface area contributed by atoms with E-state index in [1.165, 1.54) is 30.2 Å². The summed E-state index contributed by atoms with van der Waals surface area (Å²) in [6.07, 6.45) is 3.35. The molecule has 3 aromatic rings. The Kier molecular flexibility index (Phi) is 10.1. The van der Waals surface area contributed by atoms with Crippen LogP contribution < -0.4 is 10.1 Å². The molecule has 41 heavy (non-hydrogen) atoms. The number of aromatic nitrogens is 2. The van der Waals surface area contributed by atoms with Crippen molar-refractivity contribution < 1.29 is 23.8 Å². The van der Waals surface area contributed by atoms with Crippen LogP contribution in [0, 0.1) is 11.3 Å². The number of anilines is 2. The predicted octanol–water partition coefficient (Wildman–Crippen LogP) is 6.72. The molecule has 1 amide bonds. The highest BCUT2D eigenvalue weighted by atomic mass is 32.2. The third kappa shape index (κ3) is 8.83. The molecule has 0 atom stereocenters. The molecule has 0 bridgehead atoms. The number of thiazole rings is 1. The van der Waals surface area contributed by atoms with Crippen LogP contribution in [0.1, 0.15) is 57.2 Å². The summed E-state index contributed by atoms with van der Waals surface area (Å²) in [6.45, 7) is 6.86. The first-order valence-corrected chi connectivity index (χ1v) is 15.1. The Balaban J connectivity index is 1.44. The minimum atomic E-state index is -0.514. The number of likely N-dealkylation sites (tertiary alicyclic amines) is 1. The first-order chi connectivity index (χ1) is 19.6. The molecule has 0 spiro atoms. The molecule has 0 saturated carbocycles. The largest absolute Gasteiger partial charge is 0.469 e. The van der Waals surface area contributed by atoms with E-state index in [1.807, 2.05) is 32.2 Å². The van der Waals surface area contributed by atoms with Crippen LogP contribution in [0.5, 0.6) is 11.5 Å². The summed E-state index contributed by atoms with van der Waals surface area (Å²) < 4.78 is 16.4. The average Bonchev–Trinajstić information content (AvgIpc) is 3.42. The number of nitrogens with one attached hydrogen (secondary N) is 1. The van der Waals surface area contributed by atoms with E-state index >= 15 is 0 Å². The van der Waals surface area contributed by atoms with Gasteiger partial charge in [-0.3, -0.25) is 4.79 Å². The van der Waals surface area contributed by atoms with Crippen molar-refractivity contribution in [1.82, 2.24) is 14.9 Å². The van der Waals surface area contributed by atoms with Crippen molar-refractivity contribution in [2.75, 3.05) is 31.3 Å². The van der Waals surface area contributed by atoms with Crippen LogP contribution in [0.2, 0.25) is 0 Å². The Hall–Kier alpha value is -3.82. The number of thioether (sulfide) groups is 1.